The van der Waals surface area contributed by atoms with Crippen molar-refractivity contribution in [2.75, 3.05) is 5.32 Å². The van der Waals surface area contributed by atoms with E-state index >= 15 is 0 Å². The number of anilines is 1. The van der Waals surface area contributed by atoms with Gasteiger partial charge in [-0.1, -0.05) is 12.1 Å². The molecule has 0 spiro atoms. The topological polar surface area (TPSA) is 62.2 Å². The standard InChI is InChI=1S/C17H18N2O2/c1-12-7-14(10-18-9-12)5-6-17(21)19-16-8-15(11-20)4-3-13(16)2/h3-10,20H,11H2,1-2H3,(H,19,21)/b6-5+. The zero-order valence-corrected chi connectivity index (χ0v) is 12.1. The highest BCUT2D eigenvalue weighted by Gasteiger charge is 2.03. The van der Waals surface area contributed by atoms with Gasteiger partial charge in [0.15, 0.2) is 0 Å². The highest BCUT2D eigenvalue weighted by Crippen LogP contribution is 2.17. The lowest BCUT2D eigenvalue weighted by Crippen LogP contribution is -2.09. The van der Waals surface area contributed by atoms with E-state index in [1.807, 2.05) is 32.0 Å². The fourth-order valence-electron chi connectivity index (χ4n) is 1.92. The Hall–Kier alpha value is -2.46. The maximum Gasteiger partial charge on any atom is 0.248 e. The van der Waals surface area contributed by atoms with E-state index in [2.05, 4.69) is 10.3 Å². The smallest absolute Gasteiger partial charge is 0.248 e. The molecule has 2 rings (SSSR count). The molecule has 0 aliphatic carbocycles. The summed E-state index contributed by atoms with van der Waals surface area (Å²) in [4.78, 5) is 16.0. The number of benzene rings is 1. The van der Waals surface area contributed by atoms with Crippen LogP contribution in [0.4, 0.5) is 5.69 Å². The van der Waals surface area contributed by atoms with Crippen molar-refractivity contribution in [1.82, 2.24) is 4.98 Å². The molecule has 0 atom stereocenters. The number of aliphatic hydroxyl groups excluding tert-OH is 1. The summed E-state index contributed by atoms with van der Waals surface area (Å²) >= 11 is 0. The lowest BCUT2D eigenvalue weighted by atomic mass is 10.1. The zero-order valence-electron chi connectivity index (χ0n) is 12.1. The predicted molar refractivity (Wildman–Crippen MR) is 83.7 cm³/mol. The van der Waals surface area contributed by atoms with Gasteiger partial charge in [0.1, 0.15) is 0 Å². The summed E-state index contributed by atoms with van der Waals surface area (Å²) in [5.74, 6) is -0.213. The van der Waals surface area contributed by atoms with Gasteiger partial charge in [-0.3, -0.25) is 9.78 Å². The van der Waals surface area contributed by atoms with Crippen LogP contribution >= 0.6 is 0 Å². The molecule has 0 fully saturated rings. The second-order valence-electron chi connectivity index (χ2n) is 4.93. The number of nitrogens with one attached hydrogen (secondary N) is 1. The molecule has 1 aromatic carbocycles. The number of pyridine rings is 1. The molecule has 108 valence electrons. The van der Waals surface area contributed by atoms with Crippen LogP contribution in [0.15, 0.2) is 42.7 Å². The monoisotopic (exact) mass is 282 g/mol. The van der Waals surface area contributed by atoms with Gasteiger partial charge < -0.3 is 10.4 Å². The molecule has 4 heteroatoms. The van der Waals surface area contributed by atoms with Gasteiger partial charge in [-0.25, -0.2) is 0 Å². The third-order valence-electron chi connectivity index (χ3n) is 3.07. The Morgan fingerprint density at radius 3 is 2.81 bits per heavy atom. The second-order valence-corrected chi connectivity index (χ2v) is 4.93. The van der Waals surface area contributed by atoms with Crippen molar-refractivity contribution in [2.24, 2.45) is 0 Å². The maximum atomic E-state index is 11.9. The van der Waals surface area contributed by atoms with Crippen LogP contribution in [0.3, 0.4) is 0 Å². The number of carbonyl (C=O) groups is 1. The molecule has 0 unspecified atom stereocenters. The van der Waals surface area contributed by atoms with Gasteiger partial charge in [0.05, 0.1) is 6.61 Å². The van der Waals surface area contributed by atoms with Crippen molar-refractivity contribution in [2.45, 2.75) is 20.5 Å². The van der Waals surface area contributed by atoms with E-state index in [-0.39, 0.29) is 12.5 Å². The van der Waals surface area contributed by atoms with Gasteiger partial charge >= 0.3 is 0 Å². The molecule has 0 aliphatic rings. The number of nitrogens with zero attached hydrogens (tertiary/aromatic N) is 1. The first-order chi connectivity index (χ1) is 10.1. The second kappa shape index (κ2) is 6.81. The summed E-state index contributed by atoms with van der Waals surface area (Å²) in [5, 5.41) is 11.9. The molecule has 0 saturated carbocycles. The molecule has 0 saturated heterocycles. The third kappa shape index (κ3) is 4.26. The van der Waals surface area contributed by atoms with E-state index < -0.39 is 0 Å². The Balaban J connectivity index is 2.08. The van der Waals surface area contributed by atoms with Crippen molar-refractivity contribution in [3.05, 3.63) is 65.0 Å². The Kier molecular flexibility index (Phi) is 4.85. The Bertz CT molecular complexity index is 678. The van der Waals surface area contributed by atoms with Crippen molar-refractivity contribution >= 4 is 17.7 Å². The highest BCUT2D eigenvalue weighted by molar-refractivity contribution is 6.02. The van der Waals surface area contributed by atoms with E-state index in [0.29, 0.717) is 5.69 Å². The number of aliphatic hydroxyl groups is 1. The Labute approximate surface area is 124 Å². The van der Waals surface area contributed by atoms with Gasteiger partial charge in [0.25, 0.3) is 0 Å². The van der Waals surface area contributed by atoms with Crippen LogP contribution in [0.2, 0.25) is 0 Å². The normalized spacial score (nSPS) is 10.8. The molecular weight excluding hydrogens is 264 g/mol. The SMILES string of the molecule is Cc1cncc(/C=C/C(=O)Nc2cc(CO)ccc2C)c1. The minimum atomic E-state index is -0.213. The van der Waals surface area contributed by atoms with E-state index in [9.17, 15) is 4.79 Å². The van der Waals surface area contributed by atoms with Gasteiger partial charge in [0.2, 0.25) is 5.91 Å². The van der Waals surface area contributed by atoms with E-state index in [1.54, 1.807) is 24.5 Å². The van der Waals surface area contributed by atoms with Crippen LogP contribution in [-0.4, -0.2) is 16.0 Å². The summed E-state index contributed by atoms with van der Waals surface area (Å²) in [6, 6.07) is 7.43. The highest BCUT2D eigenvalue weighted by atomic mass is 16.3. The number of hydrogen-bond acceptors (Lipinski definition) is 3. The summed E-state index contributed by atoms with van der Waals surface area (Å²) in [6.45, 7) is 3.81. The number of rotatable bonds is 4. The molecule has 0 bridgehead atoms. The Morgan fingerprint density at radius 1 is 1.29 bits per heavy atom. The number of amides is 1. The van der Waals surface area contributed by atoms with Gasteiger partial charge in [-0.15, -0.1) is 0 Å². The fraction of sp³-hybridized carbons (Fsp3) is 0.176. The molecule has 1 amide bonds. The average molecular weight is 282 g/mol. The van der Waals surface area contributed by atoms with Crippen molar-refractivity contribution < 1.29 is 9.90 Å². The van der Waals surface area contributed by atoms with Crippen LogP contribution in [0.25, 0.3) is 6.08 Å². The third-order valence-corrected chi connectivity index (χ3v) is 3.07. The lowest BCUT2D eigenvalue weighted by molar-refractivity contribution is -0.111. The van der Waals surface area contributed by atoms with Crippen LogP contribution in [0, 0.1) is 13.8 Å². The molecule has 0 radical (unpaired) electrons. The summed E-state index contributed by atoms with van der Waals surface area (Å²) in [5.41, 5.74) is 4.35. The largest absolute Gasteiger partial charge is 0.392 e. The fourth-order valence-corrected chi connectivity index (χ4v) is 1.92. The molecule has 21 heavy (non-hydrogen) atoms. The first-order valence-electron chi connectivity index (χ1n) is 6.69. The van der Waals surface area contributed by atoms with Crippen LogP contribution < -0.4 is 5.32 Å². The first kappa shape index (κ1) is 14.9. The van der Waals surface area contributed by atoms with Crippen molar-refractivity contribution in [3.8, 4) is 0 Å². The molecule has 4 nitrogen and oxygen atoms in total. The molecular formula is C17H18N2O2. The van der Waals surface area contributed by atoms with Crippen LogP contribution in [-0.2, 0) is 11.4 Å². The van der Waals surface area contributed by atoms with Crippen molar-refractivity contribution in [1.29, 1.82) is 0 Å². The average Bonchev–Trinajstić information content (AvgIpc) is 2.47. The van der Waals surface area contributed by atoms with Gasteiger partial charge in [-0.2, -0.15) is 0 Å². The van der Waals surface area contributed by atoms with E-state index in [1.165, 1.54) is 6.08 Å². The molecule has 2 aromatic rings. The molecule has 0 aliphatic heterocycles. The molecule has 2 N–H and O–H groups in total. The number of hydrogen-bond donors (Lipinski definition) is 2. The minimum Gasteiger partial charge on any atom is -0.392 e. The number of carbonyl (C=O) groups excluding carboxylic acids is 1. The first-order valence-corrected chi connectivity index (χ1v) is 6.69. The summed E-state index contributed by atoms with van der Waals surface area (Å²) in [6.07, 6.45) is 6.66. The van der Waals surface area contributed by atoms with Crippen LogP contribution in [0.5, 0.6) is 0 Å². The van der Waals surface area contributed by atoms with E-state index in [0.717, 1.165) is 22.3 Å². The van der Waals surface area contributed by atoms with E-state index in [4.69, 9.17) is 5.11 Å². The summed E-state index contributed by atoms with van der Waals surface area (Å²) in [7, 11) is 0. The van der Waals surface area contributed by atoms with Crippen molar-refractivity contribution in [3.63, 3.8) is 0 Å². The van der Waals surface area contributed by atoms with Gasteiger partial charge in [-0.05, 0) is 54.3 Å². The van der Waals surface area contributed by atoms with Gasteiger partial charge in [0, 0.05) is 24.2 Å². The minimum absolute atomic E-state index is 0.0477. The number of aryl methyl sites for hydroxylation is 2. The lowest BCUT2D eigenvalue weighted by Gasteiger charge is -2.08. The summed E-state index contributed by atoms with van der Waals surface area (Å²) < 4.78 is 0. The maximum absolute atomic E-state index is 11.9. The quantitative estimate of drug-likeness (QED) is 0.848. The zero-order chi connectivity index (χ0) is 15.2. The number of aromatic nitrogens is 1. The molecule has 1 aromatic heterocycles. The Morgan fingerprint density at radius 2 is 2.10 bits per heavy atom. The predicted octanol–water partition coefficient (Wildman–Crippen LogP) is 2.84. The van der Waals surface area contributed by atoms with Crippen LogP contribution in [0.1, 0.15) is 22.3 Å². The molecule has 1 heterocycles.